The van der Waals surface area contributed by atoms with Crippen LogP contribution in [0.15, 0.2) is 5.38 Å². The number of nitrogens with zero attached hydrogens (tertiary/aromatic N) is 1. The Balaban J connectivity index is 2.10. The van der Waals surface area contributed by atoms with Gasteiger partial charge in [0.15, 0.2) is 5.13 Å². The Morgan fingerprint density at radius 2 is 2.50 bits per heavy atom. The maximum absolute atomic E-state index is 8.81. The number of rotatable bonds is 6. The zero-order chi connectivity index (χ0) is 10.4. The zero-order valence-corrected chi connectivity index (χ0v) is 9.74. The van der Waals surface area contributed by atoms with Crippen LogP contribution in [0.5, 0.6) is 0 Å². The van der Waals surface area contributed by atoms with Crippen LogP contribution in [0.3, 0.4) is 0 Å². The summed E-state index contributed by atoms with van der Waals surface area (Å²) in [6.45, 7) is 3.19. The summed E-state index contributed by atoms with van der Waals surface area (Å²) in [6.07, 6.45) is 2.07. The molecule has 0 aromatic carbocycles. The molecule has 1 rings (SSSR count). The third kappa shape index (κ3) is 4.26. The van der Waals surface area contributed by atoms with E-state index in [2.05, 4.69) is 10.3 Å². The van der Waals surface area contributed by atoms with Crippen molar-refractivity contribution in [1.29, 1.82) is 0 Å². The molecular formula is C9H15ClN2OS. The second-order valence-electron chi connectivity index (χ2n) is 3.33. The Morgan fingerprint density at radius 3 is 3.07 bits per heavy atom. The van der Waals surface area contributed by atoms with Crippen LogP contribution < -0.4 is 5.32 Å². The summed E-state index contributed by atoms with van der Waals surface area (Å²) in [5.74, 6) is 0.386. The van der Waals surface area contributed by atoms with E-state index < -0.39 is 0 Å². The normalized spacial score (nSPS) is 12.8. The number of hydrogen-bond donors (Lipinski definition) is 2. The van der Waals surface area contributed by atoms with Gasteiger partial charge in [-0.15, -0.1) is 11.3 Å². The molecule has 0 aliphatic heterocycles. The molecule has 1 atom stereocenters. The summed E-state index contributed by atoms with van der Waals surface area (Å²) in [4.78, 5) is 4.07. The van der Waals surface area contributed by atoms with Crippen molar-refractivity contribution in [2.75, 3.05) is 18.5 Å². The maximum Gasteiger partial charge on any atom is 0.184 e. The van der Waals surface area contributed by atoms with E-state index in [1.165, 1.54) is 11.3 Å². The largest absolute Gasteiger partial charge is 0.396 e. The molecular weight excluding hydrogens is 220 g/mol. The lowest BCUT2D eigenvalue weighted by atomic mass is 10.1. The molecule has 2 N–H and O–H groups in total. The van der Waals surface area contributed by atoms with Crippen molar-refractivity contribution in [3.63, 3.8) is 0 Å². The Bertz CT molecular complexity index is 267. The zero-order valence-electron chi connectivity index (χ0n) is 8.16. The van der Waals surface area contributed by atoms with Crippen LogP contribution in [0.1, 0.15) is 19.8 Å². The van der Waals surface area contributed by atoms with Crippen molar-refractivity contribution in [3.05, 3.63) is 10.5 Å². The summed E-state index contributed by atoms with van der Waals surface area (Å²) in [5.41, 5.74) is 0. The number of hydrogen-bond acceptors (Lipinski definition) is 4. The molecule has 14 heavy (non-hydrogen) atoms. The summed E-state index contributed by atoms with van der Waals surface area (Å²) in [7, 11) is 0. The second-order valence-corrected chi connectivity index (χ2v) is 4.58. The lowest BCUT2D eigenvalue weighted by Crippen LogP contribution is -2.06. The standard InChI is InChI=1S/C9H15ClN2OS/c1-7(5-13)3-2-4-11-9-12-8(10)6-14-9/h6-7,13H,2-5H2,1H3,(H,11,12). The van der Waals surface area contributed by atoms with Crippen molar-refractivity contribution in [2.24, 2.45) is 5.92 Å². The van der Waals surface area contributed by atoms with Crippen LogP contribution in [0.25, 0.3) is 0 Å². The van der Waals surface area contributed by atoms with Gasteiger partial charge >= 0.3 is 0 Å². The Labute approximate surface area is 93.1 Å². The third-order valence-corrected chi connectivity index (χ3v) is 3.06. The van der Waals surface area contributed by atoms with E-state index in [9.17, 15) is 0 Å². The summed E-state index contributed by atoms with van der Waals surface area (Å²) in [6, 6.07) is 0. The van der Waals surface area contributed by atoms with Crippen LogP contribution >= 0.6 is 22.9 Å². The molecule has 0 aliphatic rings. The highest BCUT2D eigenvalue weighted by atomic mass is 35.5. The van der Waals surface area contributed by atoms with Gasteiger partial charge in [-0.25, -0.2) is 4.98 Å². The molecule has 1 aromatic heterocycles. The Hall–Kier alpha value is -0.320. The smallest absolute Gasteiger partial charge is 0.184 e. The molecule has 0 radical (unpaired) electrons. The first-order chi connectivity index (χ1) is 6.72. The molecule has 5 heteroatoms. The summed E-state index contributed by atoms with van der Waals surface area (Å²) >= 11 is 7.18. The van der Waals surface area contributed by atoms with E-state index in [-0.39, 0.29) is 6.61 Å². The number of aromatic nitrogens is 1. The van der Waals surface area contributed by atoms with Crippen molar-refractivity contribution >= 4 is 28.1 Å². The van der Waals surface area contributed by atoms with Crippen molar-refractivity contribution in [3.8, 4) is 0 Å². The van der Waals surface area contributed by atoms with Gasteiger partial charge in [0.05, 0.1) is 0 Å². The average Bonchev–Trinajstić information content (AvgIpc) is 2.58. The first-order valence-electron chi connectivity index (χ1n) is 4.68. The van der Waals surface area contributed by atoms with E-state index in [1.54, 1.807) is 5.38 Å². The minimum Gasteiger partial charge on any atom is -0.396 e. The molecule has 0 saturated heterocycles. The molecule has 1 heterocycles. The highest BCUT2D eigenvalue weighted by Gasteiger charge is 2.00. The van der Waals surface area contributed by atoms with Gasteiger partial charge in [-0.2, -0.15) is 0 Å². The Morgan fingerprint density at radius 1 is 1.71 bits per heavy atom. The van der Waals surface area contributed by atoms with E-state index in [1.807, 2.05) is 6.92 Å². The van der Waals surface area contributed by atoms with Crippen LogP contribution in [0.2, 0.25) is 5.15 Å². The van der Waals surface area contributed by atoms with Crippen LogP contribution in [-0.2, 0) is 0 Å². The Kier molecular flexibility index (Phi) is 5.22. The van der Waals surface area contributed by atoms with E-state index in [4.69, 9.17) is 16.7 Å². The molecule has 0 saturated carbocycles. The lowest BCUT2D eigenvalue weighted by molar-refractivity contribution is 0.229. The molecule has 0 fully saturated rings. The summed E-state index contributed by atoms with van der Waals surface area (Å²) in [5, 5.41) is 15.2. The molecule has 80 valence electrons. The fourth-order valence-electron chi connectivity index (χ4n) is 1.07. The highest BCUT2D eigenvalue weighted by molar-refractivity contribution is 7.14. The van der Waals surface area contributed by atoms with E-state index in [0.29, 0.717) is 11.1 Å². The van der Waals surface area contributed by atoms with Gasteiger partial charge in [0.2, 0.25) is 0 Å². The quantitative estimate of drug-likeness (QED) is 0.744. The maximum atomic E-state index is 8.81. The molecule has 1 aromatic rings. The van der Waals surface area contributed by atoms with Gasteiger partial charge in [-0.05, 0) is 18.8 Å². The number of nitrogens with one attached hydrogen (secondary N) is 1. The van der Waals surface area contributed by atoms with Crippen molar-refractivity contribution < 1.29 is 5.11 Å². The van der Waals surface area contributed by atoms with Gasteiger partial charge < -0.3 is 10.4 Å². The van der Waals surface area contributed by atoms with Crippen molar-refractivity contribution in [2.45, 2.75) is 19.8 Å². The lowest BCUT2D eigenvalue weighted by Gasteiger charge is -2.07. The van der Waals surface area contributed by atoms with E-state index in [0.717, 1.165) is 24.5 Å². The van der Waals surface area contributed by atoms with Gasteiger partial charge in [-0.1, -0.05) is 18.5 Å². The molecule has 3 nitrogen and oxygen atoms in total. The second kappa shape index (κ2) is 6.22. The molecule has 0 aliphatic carbocycles. The van der Waals surface area contributed by atoms with Gasteiger partial charge in [0, 0.05) is 18.5 Å². The SMILES string of the molecule is CC(CO)CCCNc1nc(Cl)cs1. The molecule has 0 spiro atoms. The topological polar surface area (TPSA) is 45.1 Å². The van der Waals surface area contributed by atoms with Gasteiger partial charge in [0.1, 0.15) is 5.15 Å². The number of anilines is 1. The van der Waals surface area contributed by atoms with Crippen LogP contribution in [0, 0.1) is 5.92 Å². The third-order valence-electron chi connectivity index (χ3n) is 1.94. The minimum absolute atomic E-state index is 0.267. The summed E-state index contributed by atoms with van der Waals surface area (Å²) < 4.78 is 0. The molecule has 0 amide bonds. The number of aliphatic hydroxyl groups is 1. The van der Waals surface area contributed by atoms with Gasteiger partial charge in [0.25, 0.3) is 0 Å². The van der Waals surface area contributed by atoms with Gasteiger partial charge in [-0.3, -0.25) is 0 Å². The fourth-order valence-corrected chi connectivity index (χ4v) is 1.94. The monoisotopic (exact) mass is 234 g/mol. The predicted octanol–water partition coefficient (Wildman–Crippen LogP) is 2.62. The number of aliphatic hydroxyl groups excluding tert-OH is 1. The van der Waals surface area contributed by atoms with Crippen LogP contribution in [0.4, 0.5) is 5.13 Å². The fraction of sp³-hybridized carbons (Fsp3) is 0.667. The minimum atomic E-state index is 0.267. The average molecular weight is 235 g/mol. The molecule has 0 bridgehead atoms. The highest BCUT2D eigenvalue weighted by Crippen LogP contribution is 2.18. The number of halogens is 1. The first-order valence-corrected chi connectivity index (χ1v) is 5.94. The molecule has 1 unspecified atom stereocenters. The van der Waals surface area contributed by atoms with Crippen LogP contribution in [-0.4, -0.2) is 23.2 Å². The number of thiazole rings is 1. The first kappa shape index (κ1) is 11.8. The van der Waals surface area contributed by atoms with Crippen molar-refractivity contribution in [1.82, 2.24) is 4.98 Å². The predicted molar refractivity (Wildman–Crippen MR) is 61.1 cm³/mol. The van der Waals surface area contributed by atoms with E-state index >= 15 is 0 Å².